The Morgan fingerprint density at radius 1 is 1.25 bits per heavy atom. The minimum Gasteiger partial charge on any atom is -0.462 e. The molecular formula is C11H7BrN2O2. The van der Waals surface area contributed by atoms with Gasteiger partial charge in [-0.15, -0.1) is 0 Å². The van der Waals surface area contributed by atoms with Crippen LogP contribution >= 0.6 is 15.9 Å². The lowest BCUT2D eigenvalue weighted by Crippen LogP contribution is -1.84. The third-order valence-electron chi connectivity index (χ3n) is 2.44. The lowest BCUT2D eigenvalue weighted by molar-refractivity contribution is 0.436. The van der Waals surface area contributed by atoms with Gasteiger partial charge in [0.05, 0.1) is 16.2 Å². The number of furan rings is 1. The normalized spacial score (nSPS) is 11.1. The van der Waals surface area contributed by atoms with E-state index in [-0.39, 0.29) is 0 Å². The van der Waals surface area contributed by atoms with Crippen LogP contribution in [0.25, 0.3) is 22.1 Å². The first-order valence-corrected chi connectivity index (χ1v) is 5.43. The number of halogens is 1. The first-order chi connectivity index (χ1) is 7.77. The van der Waals surface area contributed by atoms with Gasteiger partial charge in [-0.2, -0.15) is 0 Å². The molecule has 0 atom stereocenters. The lowest BCUT2D eigenvalue weighted by atomic mass is 10.1. The van der Waals surface area contributed by atoms with Crippen molar-refractivity contribution in [3.05, 3.63) is 35.1 Å². The number of nitrogens with zero attached hydrogens (tertiary/aromatic N) is 1. The van der Waals surface area contributed by atoms with Crippen molar-refractivity contribution in [1.82, 2.24) is 5.16 Å². The van der Waals surface area contributed by atoms with E-state index in [0.29, 0.717) is 5.88 Å². The standard InChI is InChI=1S/C11H7BrN2O2/c12-9-5-15-10-6(2-1-3-7(9)10)8-4-14-16-11(8)13/h1-5H,13H2. The fourth-order valence-corrected chi connectivity index (χ4v) is 2.09. The molecule has 0 saturated carbocycles. The minimum atomic E-state index is 0.292. The van der Waals surface area contributed by atoms with Gasteiger partial charge in [-0.05, 0) is 22.0 Å². The molecule has 1 aromatic carbocycles. The summed E-state index contributed by atoms with van der Waals surface area (Å²) in [7, 11) is 0. The molecule has 0 aliphatic carbocycles. The second-order valence-corrected chi connectivity index (χ2v) is 4.22. The maximum atomic E-state index is 5.69. The first-order valence-electron chi connectivity index (χ1n) is 4.63. The Hall–Kier alpha value is -1.75. The van der Waals surface area contributed by atoms with E-state index in [0.717, 1.165) is 26.6 Å². The third kappa shape index (κ3) is 1.25. The van der Waals surface area contributed by atoms with Crippen molar-refractivity contribution in [2.45, 2.75) is 0 Å². The fourth-order valence-electron chi connectivity index (χ4n) is 1.69. The molecule has 5 heteroatoms. The molecule has 0 saturated heterocycles. The number of benzene rings is 1. The van der Waals surface area contributed by atoms with Crippen LogP contribution in [0.4, 0.5) is 5.88 Å². The smallest absolute Gasteiger partial charge is 0.230 e. The molecule has 3 aromatic rings. The quantitative estimate of drug-likeness (QED) is 0.741. The minimum absolute atomic E-state index is 0.292. The number of hydrogen-bond acceptors (Lipinski definition) is 4. The van der Waals surface area contributed by atoms with Gasteiger partial charge in [-0.25, -0.2) is 0 Å². The van der Waals surface area contributed by atoms with Crippen LogP contribution < -0.4 is 5.73 Å². The lowest BCUT2D eigenvalue weighted by Gasteiger charge is -1.98. The third-order valence-corrected chi connectivity index (χ3v) is 3.06. The van der Waals surface area contributed by atoms with Gasteiger partial charge >= 0.3 is 0 Å². The summed E-state index contributed by atoms with van der Waals surface area (Å²) in [6.07, 6.45) is 3.23. The maximum absolute atomic E-state index is 5.69. The number of rotatable bonds is 1. The summed E-state index contributed by atoms with van der Waals surface area (Å²) in [4.78, 5) is 0. The monoisotopic (exact) mass is 278 g/mol. The predicted molar refractivity (Wildman–Crippen MR) is 63.8 cm³/mol. The van der Waals surface area contributed by atoms with E-state index in [1.807, 2.05) is 18.2 Å². The number of hydrogen-bond donors (Lipinski definition) is 1. The number of fused-ring (bicyclic) bond motifs is 1. The molecular weight excluding hydrogens is 272 g/mol. The van der Waals surface area contributed by atoms with Gasteiger partial charge in [0.1, 0.15) is 11.8 Å². The van der Waals surface area contributed by atoms with Crippen molar-refractivity contribution in [1.29, 1.82) is 0 Å². The van der Waals surface area contributed by atoms with Crippen LogP contribution in [0.3, 0.4) is 0 Å². The summed E-state index contributed by atoms with van der Waals surface area (Å²) in [5.41, 5.74) is 8.08. The van der Waals surface area contributed by atoms with Crippen LogP contribution in [0.5, 0.6) is 0 Å². The SMILES string of the molecule is Nc1oncc1-c1cccc2c(Br)coc12. The summed E-state index contributed by atoms with van der Waals surface area (Å²) >= 11 is 3.42. The molecule has 0 radical (unpaired) electrons. The van der Waals surface area contributed by atoms with Crippen molar-refractivity contribution in [3.8, 4) is 11.1 Å². The average Bonchev–Trinajstić information content (AvgIpc) is 2.86. The summed E-state index contributed by atoms with van der Waals surface area (Å²) in [6, 6.07) is 5.82. The fraction of sp³-hybridized carbons (Fsp3) is 0. The topological polar surface area (TPSA) is 65.2 Å². The molecule has 2 aromatic heterocycles. The van der Waals surface area contributed by atoms with Crippen LogP contribution in [0, 0.1) is 0 Å². The Morgan fingerprint density at radius 2 is 2.12 bits per heavy atom. The highest BCUT2D eigenvalue weighted by atomic mass is 79.9. The van der Waals surface area contributed by atoms with Crippen LogP contribution in [0.2, 0.25) is 0 Å². The predicted octanol–water partition coefficient (Wildman–Crippen LogP) is 3.43. The van der Waals surface area contributed by atoms with E-state index in [1.54, 1.807) is 12.5 Å². The highest BCUT2D eigenvalue weighted by molar-refractivity contribution is 9.10. The van der Waals surface area contributed by atoms with E-state index >= 15 is 0 Å². The zero-order valence-corrected chi connectivity index (χ0v) is 9.69. The Bertz CT molecular complexity index is 657. The molecule has 80 valence electrons. The van der Waals surface area contributed by atoms with Gasteiger partial charge in [0.25, 0.3) is 0 Å². The van der Waals surface area contributed by atoms with Gasteiger partial charge < -0.3 is 14.7 Å². The van der Waals surface area contributed by atoms with Crippen molar-refractivity contribution in [2.75, 3.05) is 5.73 Å². The second kappa shape index (κ2) is 3.38. The summed E-state index contributed by atoms with van der Waals surface area (Å²) < 4.78 is 11.3. The average molecular weight is 279 g/mol. The van der Waals surface area contributed by atoms with Gasteiger partial charge in [0.2, 0.25) is 5.88 Å². The Morgan fingerprint density at radius 3 is 2.88 bits per heavy atom. The number of aromatic nitrogens is 1. The molecule has 0 spiro atoms. The van der Waals surface area contributed by atoms with Crippen molar-refractivity contribution in [2.24, 2.45) is 0 Å². The van der Waals surface area contributed by atoms with Gasteiger partial charge in [0.15, 0.2) is 0 Å². The van der Waals surface area contributed by atoms with Crippen molar-refractivity contribution < 1.29 is 8.94 Å². The van der Waals surface area contributed by atoms with Crippen LogP contribution in [-0.4, -0.2) is 5.16 Å². The zero-order chi connectivity index (χ0) is 11.1. The molecule has 0 fully saturated rings. The van der Waals surface area contributed by atoms with E-state index in [4.69, 9.17) is 14.7 Å². The van der Waals surface area contributed by atoms with Crippen molar-refractivity contribution >= 4 is 32.8 Å². The van der Waals surface area contributed by atoms with Crippen molar-refractivity contribution in [3.63, 3.8) is 0 Å². The Balaban J connectivity index is 2.36. The van der Waals surface area contributed by atoms with E-state index in [9.17, 15) is 0 Å². The Labute approximate surface area is 99.1 Å². The molecule has 0 aliphatic heterocycles. The largest absolute Gasteiger partial charge is 0.462 e. The van der Waals surface area contributed by atoms with Crippen LogP contribution in [0.15, 0.2) is 44.1 Å². The molecule has 0 aliphatic rings. The summed E-state index contributed by atoms with van der Waals surface area (Å²) in [5.74, 6) is 0.292. The summed E-state index contributed by atoms with van der Waals surface area (Å²) in [6.45, 7) is 0. The molecule has 0 unspecified atom stereocenters. The van der Waals surface area contributed by atoms with E-state index < -0.39 is 0 Å². The van der Waals surface area contributed by atoms with Gasteiger partial charge in [-0.3, -0.25) is 0 Å². The highest BCUT2D eigenvalue weighted by Gasteiger charge is 2.14. The number of nitrogens with two attached hydrogens (primary N) is 1. The maximum Gasteiger partial charge on any atom is 0.230 e. The van der Waals surface area contributed by atoms with Crippen LogP contribution in [0.1, 0.15) is 0 Å². The molecule has 2 N–H and O–H groups in total. The molecule has 0 bridgehead atoms. The van der Waals surface area contributed by atoms with Gasteiger partial charge in [0, 0.05) is 10.9 Å². The molecule has 4 nitrogen and oxygen atoms in total. The molecule has 2 heterocycles. The zero-order valence-electron chi connectivity index (χ0n) is 8.11. The molecule has 0 amide bonds. The Kier molecular flexibility index (Phi) is 2.00. The van der Waals surface area contributed by atoms with E-state index in [2.05, 4.69) is 21.1 Å². The number of nitrogen functional groups attached to an aromatic ring is 1. The summed E-state index contributed by atoms with van der Waals surface area (Å²) in [5, 5.41) is 4.66. The number of para-hydroxylation sites is 1. The highest BCUT2D eigenvalue weighted by Crippen LogP contribution is 2.35. The second-order valence-electron chi connectivity index (χ2n) is 3.37. The van der Waals surface area contributed by atoms with E-state index in [1.165, 1.54) is 0 Å². The van der Waals surface area contributed by atoms with Crippen LogP contribution in [-0.2, 0) is 0 Å². The number of anilines is 1. The molecule has 16 heavy (non-hydrogen) atoms. The van der Waals surface area contributed by atoms with Gasteiger partial charge in [-0.1, -0.05) is 17.3 Å². The molecule has 3 rings (SSSR count). The first kappa shape index (κ1) is 9.47.